The Labute approximate surface area is 147 Å². The standard InChI is InChI=1S/C19H25FN4O/c20-17-5-1-4-16(11-17)19(6-9-25-10-7-19)14-24-13-18(22-23-24)15-3-2-8-21-12-15/h1,4-5,11,13,15,21H,2-3,6-10,12,14H2. The largest absolute Gasteiger partial charge is 0.381 e. The van der Waals surface area contributed by atoms with E-state index in [4.69, 9.17) is 4.74 Å². The van der Waals surface area contributed by atoms with Gasteiger partial charge in [-0.2, -0.15) is 0 Å². The molecule has 25 heavy (non-hydrogen) atoms. The lowest BCUT2D eigenvalue weighted by Crippen LogP contribution is -2.38. The van der Waals surface area contributed by atoms with Crippen molar-refractivity contribution in [3.63, 3.8) is 0 Å². The molecule has 134 valence electrons. The summed E-state index contributed by atoms with van der Waals surface area (Å²) in [6.45, 7) is 4.18. The number of halogens is 1. The first kappa shape index (κ1) is 16.7. The van der Waals surface area contributed by atoms with E-state index in [2.05, 4.69) is 21.8 Å². The maximum absolute atomic E-state index is 13.8. The lowest BCUT2D eigenvalue weighted by atomic mass is 9.74. The second-order valence-corrected chi connectivity index (χ2v) is 7.29. The van der Waals surface area contributed by atoms with E-state index in [1.54, 1.807) is 12.1 Å². The number of ether oxygens (including phenoxy) is 1. The fourth-order valence-electron chi connectivity index (χ4n) is 4.11. The minimum Gasteiger partial charge on any atom is -0.381 e. The molecule has 4 rings (SSSR count). The van der Waals surface area contributed by atoms with E-state index in [-0.39, 0.29) is 11.2 Å². The molecule has 0 amide bonds. The van der Waals surface area contributed by atoms with Gasteiger partial charge in [0.1, 0.15) is 5.82 Å². The van der Waals surface area contributed by atoms with E-state index in [0.29, 0.717) is 25.7 Å². The smallest absolute Gasteiger partial charge is 0.123 e. The van der Waals surface area contributed by atoms with Gasteiger partial charge in [-0.3, -0.25) is 4.68 Å². The summed E-state index contributed by atoms with van der Waals surface area (Å²) in [5.74, 6) is 0.262. The number of nitrogens with one attached hydrogen (secondary N) is 1. The third-order valence-corrected chi connectivity index (χ3v) is 5.62. The van der Waals surface area contributed by atoms with E-state index in [1.807, 2.05) is 10.7 Å². The number of hydrogen-bond acceptors (Lipinski definition) is 4. The highest BCUT2D eigenvalue weighted by molar-refractivity contribution is 5.27. The Morgan fingerprint density at radius 1 is 1.32 bits per heavy atom. The summed E-state index contributed by atoms with van der Waals surface area (Å²) in [5, 5.41) is 12.2. The molecule has 2 aliphatic rings. The van der Waals surface area contributed by atoms with Gasteiger partial charge in [-0.25, -0.2) is 4.39 Å². The fourth-order valence-corrected chi connectivity index (χ4v) is 4.11. The van der Waals surface area contributed by atoms with Crippen LogP contribution in [0, 0.1) is 5.82 Å². The second kappa shape index (κ2) is 7.22. The SMILES string of the molecule is Fc1cccc(C2(Cn3cc(C4CCCNC4)nn3)CCOCC2)c1. The van der Waals surface area contributed by atoms with Gasteiger partial charge in [-0.05, 0) is 49.9 Å². The van der Waals surface area contributed by atoms with Crippen LogP contribution in [0.4, 0.5) is 4.39 Å². The molecule has 3 heterocycles. The van der Waals surface area contributed by atoms with Gasteiger partial charge in [-0.1, -0.05) is 17.3 Å². The van der Waals surface area contributed by atoms with Crippen molar-refractivity contribution in [1.29, 1.82) is 0 Å². The molecular formula is C19H25FN4O. The van der Waals surface area contributed by atoms with Crippen LogP contribution in [-0.2, 0) is 16.7 Å². The van der Waals surface area contributed by atoms with Crippen LogP contribution in [-0.4, -0.2) is 41.3 Å². The Morgan fingerprint density at radius 3 is 2.96 bits per heavy atom. The average molecular weight is 344 g/mol. The Bertz CT molecular complexity index is 705. The number of piperidine rings is 1. The van der Waals surface area contributed by atoms with Crippen LogP contribution in [0.5, 0.6) is 0 Å². The topological polar surface area (TPSA) is 52.0 Å². The third-order valence-electron chi connectivity index (χ3n) is 5.62. The van der Waals surface area contributed by atoms with Gasteiger partial charge in [0.2, 0.25) is 0 Å². The van der Waals surface area contributed by atoms with Gasteiger partial charge in [-0.15, -0.1) is 5.10 Å². The van der Waals surface area contributed by atoms with Gasteiger partial charge >= 0.3 is 0 Å². The summed E-state index contributed by atoms with van der Waals surface area (Å²) < 4.78 is 21.3. The van der Waals surface area contributed by atoms with Crippen molar-refractivity contribution < 1.29 is 9.13 Å². The molecule has 0 radical (unpaired) electrons. The zero-order chi connectivity index (χ0) is 17.1. The zero-order valence-corrected chi connectivity index (χ0v) is 14.5. The van der Waals surface area contributed by atoms with Crippen molar-refractivity contribution in [2.24, 2.45) is 0 Å². The van der Waals surface area contributed by atoms with E-state index < -0.39 is 0 Å². The predicted molar refractivity (Wildman–Crippen MR) is 93.0 cm³/mol. The lowest BCUT2D eigenvalue weighted by Gasteiger charge is -2.37. The minimum atomic E-state index is -0.184. The normalized spacial score (nSPS) is 23.5. The van der Waals surface area contributed by atoms with Crippen LogP contribution in [0.2, 0.25) is 0 Å². The van der Waals surface area contributed by atoms with Gasteiger partial charge < -0.3 is 10.1 Å². The van der Waals surface area contributed by atoms with Crippen LogP contribution >= 0.6 is 0 Å². The summed E-state index contributed by atoms with van der Waals surface area (Å²) in [6, 6.07) is 6.98. The van der Waals surface area contributed by atoms with Crippen LogP contribution < -0.4 is 5.32 Å². The van der Waals surface area contributed by atoms with Crippen LogP contribution in [0.1, 0.15) is 42.9 Å². The summed E-state index contributed by atoms with van der Waals surface area (Å²) >= 11 is 0. The Hall–Kier alpha value is -1.79. The van der Waals surface area contributed by atoms with Crippen LogP contribution in [0.3, 0.4) is 0 Å². The maximum Gasteiger partial charge on any atom is 0.123 e. The molecule has 2 aliphatic heterocycles. The molecule has 1 unspecified atom stereocenters. The van der Waals surface area contributed by atoms with Crippen molar-refractivity contribution in [2.45, 2.75) is 43.6 Å². The minimum absolute atomic E-state index is 0.143. The molecule has 0 aliphatic carbocycles. The molecule has 1 aromatic heterocycles. The van der Waals surface area contributed by atoms with E-state index in [9.17, 15) is 4.39 Å². The number of aromatic nitrogens is 3. The predicted octanol–water partition coefficient (Wildman–Crippen LogP) is 2.63. The Kier molecular flexibility index (Phi) is 4.81. The van der Waals surface area contributed by atoms with E-state index in [1.165, 1.54) is 12.5 Å². The highest BCUT2D eigenvalue weighted by Crippen LogP contribution is 2.37. The van der Waals surface area contributed by atoms with E-state index in [0.717, 1.165) is 43.6 Å². The highest BCUT2D eigenvalue weighted by atomic mass is 19.1. The molecule has 0 saturated carbocycles. The van der Waals surface area contributed by atoms with Crippen molar-refractivity contribution in [3.8, 4) is 0 Å². The quantitative estimate of drug-likeness (QED) is 0.926. The van der Waals surface area contributed by atoms with Gasteiger partial charge in [0.15, 0.2) is 0 Å². The molecule has 1 N–H and O–H groups in total. The molecule has 5 nitrogen and oxygen atoms in total. The number of rotatable bonds is 4. The molecule has 2 fully saturated rings. The molecule has 2 aromatic rings. The molecule has 0 bridgehead atoms. The first-order valence-corrected chi connectivity index (χ1v) is 9.20. The van der Waals surface area contributed by atoms with Crippen LogP contribution in [0.15, 0.2) is 30.5 Å². The second-order valence-electron chi connectivity index (χ2n) is 7.29. The first-order valence-electron chi connectivity index (χ1n) is 9.20. The summed E-state index contributed by atoms with van der Waals surface area (Å²) in [7, 11) is 0. The average Bonchev–Trinajstić information content (AvgIpc) is 3.11. The Morgan fingerprint density at radius 2 is 2.20 bits per heavy atom. The summed E-state index contributed by atoms with van der Waals surface area (Å²) in [5.41, 5.74) is 1.96. The molecule has 2 saturated heterocycles. The number of nitrogens with zero attached hydrogens (tertiary/aromatic N) is 3. The molecule has 1 aromatic carbocycles. The van der Waals surface area contributed by atoms with Crippen molar-refractivity contribution in [3.05, 3.63) is 47.5 Å². The van der Waals surface area contributed by atoms with Crippen LogP contribution in [0.25, 0.3) is 0 Å². The molecule has 1 atom stereocenters. The number of hydrogen-bond donors (Lipinski definition) is 1. The Balaban J connectivity index is 1.58. The summed E-state index contributed by atoms with van der Waals surface area (Å²) in [6.07, 6.45) is 6.16. The zero-order valence-electron chi connectivity index (χ0n) is 14.5. The molecule has 0 spiro atoms. The third kappa shape index (κ3) is 3.60. The van der Waals surface area contributed by atoms with Crippen molar-refractivity contribution in [2.75, 3.05) is 26.3 Å². The molecule has 6 heteroatoms. The van der Waals surface area contributed by atoms with Crippen molar-refractivity contribution in [1.82, 2.24) is 20.3 Å². The maximum atomic E-state index is 13.8. The number of benzene rings is 1. The van der Waals surface area contributed by atoms with Crippen molar-refractivity contribution >= 4 is 0 Å². The lowest BCUT2D eigenvalue weighted by molar-refractivity contribution is 0.0418. The van der Waals surface area contributed by atoms with Gasteiger partial charge in [0.25, 0.3) is 0 Å². The monoisotopic (exact) mass is 344 g/mol. The fraction of sp³-hybridized carbons (Fsp3) is 0.579. The molecular weight excluding hydrogens is 319 g/mol. The van der Waals surface area contributed by atoms with Gasteiger partial charge in [0.05, 0.1) is 12.2 Å². The van der Waals surface area contributed by atoms with Gasteiger partial charge in [0, 0.05) is 37.3 Å². The highest BCUT2D eigenvalue weighted by Gasteiger charge is 2.36. The first-order chi connectivity index (χ1) is 12.3. The summed E-state index contributed by atoms with van der Waals surface area (Å²) in [4.78, 5) is 0. The van der Waals surface area contributed by atoms with E-state index >= 15 is 0 Å².